The van der Waals surface area contributed by atoms with Gasteiger partial charge in [-0.05, 0) is 41.5 Å². The Balaban J connectivity index is 0. The Kier molecular flexibility index (Phi) is 6.59. The van der Waals surface area contributed by atoms with E-state index >= 15 is 0 Å². The molecule has 0 saturated carbocycles. The maximum Gasteiger partial charge on any atom is 0.218 e. The van der Waals surface area contributed by atoms with Gasteiger partial charge in [0.1, 0.15) is 0 Å². The Bertz CT molecular complexity index is 448. The fourth-order valence-corrected chi connectivity index (χ4v) is 1.64. The van der Waals surface area contributed by atoms with Crippen molar-refractivity contribution in [3.8, 4) is 0 Å². The van der Waals surface area contributed by atoms with Gasteiger partial charge in [0.15, 0.2) is 9.84 Å². The van der Waals surface area contributed by atoms with Crippen LogP contribution in [-0.2, 0) is 19.9 Å². The van der Waals surface area contributed by atoms with E-state index in [9.17, 15) is 16.8 Å². The lowest BCUT2D eigenvalue weighted by atomic mass is 10.3. The average Bonchev–Trinajstić information content (AvgIpc) is 1.98. The summed E-state index contributed by atoms with van der Waals surface area (Å²) in [6, 6.07) is 0. The third-order valence-corrected chi connectivity index (χ3v) is 7.10. The van der Waals surface area contributed by atoms with Crippen molar-refractivity contribution >= 4 is 19.9 Å². The fourth-order valence-electron chi connectivity index (χ4n) is 0.548. The van der Waals surface area contributed by atoms with Gasteiger partial charge in [0, 0.05) is 20.4 Å². The highest BCUT2D eigenvalue weighted by Gasteiger charge is 2.30. The smallest absolute Gasteiger partial charge is 0.218 e. The Morgan fingerprint density at radius 1 is 0.722 bits per heavy atom. The van der Waals surface area contributed by atoms with Crippen LogP contribution in [0.2, 0.25) is 0 Å². The largest absolute Gasteiger partial charge is 0.229 e. The fraction of sp³-hybridized carbons (Fsp3) is 1.00. The van der Waals surface area contributed by atoms with Gasteiger partial charge < -0.3 is 0 Å². The van der Waals surface area contributed by atoms with Crippen LogP contribution in [0.4, 0.5) is 0 Å². The van der Waals surface area contributed by atoms with Crippen LogP contribution < -0.4 is 0 Å². The van der Waals surface area contributed by atoms with E-state index in [4.69, 9.17) is 0 Å². The second kappa shape index (κ2) is 5.88. The lowest BCUT2D eigenvalue weighted by molar-refractivity contribution is 0.487. The van der Waals surface area contributed by atoms with Crippen LogP contribution in [0.5, 0.6) is 0 Å². The SMILES string of the molecule is CC(C)(C)S(C)(=O)=O.CN(C)S(=O)(=O)C(C)(C)C. The number of hydrogen-bond donors (Lipinski definition) is 0. The molecule has 18 heavy (non-hydrogen) atoms. The molecule has 0 aliphatic rings. The molecule has 0 unspecified atom stereocenters. The summed E-state index contributed by atoms with van der Waals surface area (Å²) in [4.78, 5) is 0. The average molecular weight is 301 g/mol. The highest BCUT2D eigenvalue weighted by Crippen LogP contribution is 2.16. The predicted octanol–water partition coefficient (Wildman–Crippen LogP) is 1.51. The first-order valence-corrected chi connectivity index (χ1v) is 8.89. The van der Waals surface area contributed by atoms with Crippen LogP contribution in [0.15, 0.2) is 0 Å². The zero-order valence-corrected chi connectivity index (χ0v) is 14.5. The summed E-state index contributed by atoms with van der Waals surface area (Å²) in [6.45, 7) is 10.1. The van der Waals surface area contributed by atoms with Crippen molar-refractivity contribution in [2.45, 2.75) is 51.0 Å². The van der Waals surface area contributed by atoms with Crippen LogP contribution in [0.25, 0.3) is 0 Å². The third-order valence-electron chi connectivity index (χ3n) is 2.37. The molecule has 0 aliphatic heterocycles. The summed E-state index contributed by atoms with van der Waals surface area (Å²) in [5.74, 6) is 0. The molecule has 0 heterocycles. The quantitative estimate of drug-likeness (QED) is 0.736. The highest BCUT2D eigenvalue weighted by atomic mass is 32.2. The van der Waals surface area contributed by atoms with Gasteiger partial charge in [-0.1, -0.05) is 0 Å². The normalized spacial score (nSPS) is 14.1. The second-order valence-electron chi connectivity index (χ2n) is 6.28. The Morgan fingerprint density at radius 2 is 0.944 bits per heavy atom. The second-order valence-corrected chi connectivity index (χ2v) is 12.0. The first kappa shape index (κ1) is 20.2. The first-order valence-electron chi connectivity index (χ1n) is 5.56. The van der Waals surface area contributed by atoms with Crippen LogP contribution in [0.1, 0.15) is 41.5 Å². The Hall–Kier alpha value is -0.140. The summed E-state index contributed by atoms with van der Waals surface area (Å²) in [6.07, 6.45) is 1.24. The molecule has 0 fully saturated rings. The van der Waals surface area contributed by atoms with Gasteiger partial charge in [0.05, 0.1) is 9.49 Å². The molecule has 5 nitrogen and oxygen atoms in total. The van der Waals surface area contributed by atoms with Crippen LogP contribution >= 0.6 is 0 Å². The van der Waals surface area contributed by atoms with Crippen LogP contribution in [-0.4, -0.2) is 51.0 Å². The topological polar surface area (TPSA) is 71.5 Å². The molecule has 0 saturated heterocycles. The van der Waals surface area contributed by atoms with Gasteiger partial charge in [-0.2, -0.15) is 0 Å². The lowest BCUT2D eigenvalue weighted by Crippen LogP contribution is -2.38. The van der Waals surface area contributed by atoms with Crippen molar-refractivity contribution in [1.82, 2.24) is 4.31 Å². The van der Waals surface area contributed by atoms with E-state index in [1.54, 1.807) is 55.6 Å². The molecule has 0 spiro atoms. The summed E-state index contributed by atoms with van der Waals surface area (Å²) in [5, 5.41) is 0. The van der Waals surface area contributed by atoms with Crippen molar-refractivity contribution < 1.29 is 16.8 Å². The van der Waals surface area contributed by atoms with E-state index in [1.807, 2.05) is 0 Å². The number of sulfone groups is 1. The molecule has 0 N–H and O–H groups in total. The summed E-state index contributed by atoms with van der Waals surface area (Å²) < 4.78 is 43.8. The van der Waals surface area contributed by atoms with E-state index in [-0.39, 0.29) is 0 Å². The molecule has 0 aromatic heterocycles. The molecule has 7 heteroatoms. The van der Waals surface area contributed by atoms with E-state index in [0.29, 0.717) is 0 Å². The van der Waals surface area contributed by atoms with E-state index in [2.05, 4.69) is 0 Å². The molecule has 0 aromatic rings. The van der Waals surface area contributed by atoms with Crippen LogP contribution in [0.3, 0.4) is 0 Å². The summed E-state index contributed by atoms with van der Waals surface area (Å²) in [7, 11) is -2.84. The zero-order chi connectivity index (χ0) is 15.6. The minimum Gasteiger partial charge on any atom is -0.229 e. The first-order chi connectivity index (χ1) is 7.44. The van der Waals surface area contributed by atoms with Crippen molar-refractivity contribution in [3.05, 3.63) is 0 Å². The molecular formula is C11H27NO4S2. The third kappa shape index (κ3) is 6.15. The zero-order valence-electron chi connectivity index (χ0n) is 12.9. The summed E-state index contributed by atoms with van der Waals surface area (Å²) in [5.41, 5.74) is 0. The Morgan fingerprint density at radius 3 is 0.944 bits per heavy atom. The van der Waals surface area contributed by atoms with Crippen molar-refractivity contribution in [1.29, 1.82) is 0 Å². The lowest BCUT2D eigenvalue weighted by Gasteiger charge is -2.23. The van der Waals surface area contributed by atoms with Crippen LogP contribution in [0, 0.1) is 0 Å². The van der Waals surface area contributed by atoms with Crippen molar-refractivity contribution in [3.63, 3.8) is 0 Å². The molecule has 112 valence electrons. The van der Waals surface area contributed by atoms with Gasteiger partial charge in [0.2, 0.25) is 10.0 Å². The minimum absolute atomic E-state index is 0.590. The molecule has 0 amide bonds. The Labute approximate surface area is 113 Å². The van der Waals surface area contributed by atoms with Gasteiger partial charge in [-0.3, -0.25) is 0 Å². The molecule has 0 bridgehead atoms. The maximum atomic E-state index is 11.3. The number of hydrogen-bond acceptors (Lipinski definition) is 4. The minimum atomic E-state index is -3.08. The number of sulfonamides is 1. The monoisotopic (exact) mass is 301 g/mol. The highest BCUT2D eigenvalue weighted by molar-refractivity contribution is 7.92. The predicted molar refractivity (Wildman–Crippen MR) is 77.0 cm³/mol. The van der Waals surface area contributed by atoms with Crippen molar-refractivity contribution in [2.75, 3.05) is 20.4 Å². The number of rotatable bonds is 1. The van der Waals surface area contributed by atoms with E-state index in [1.165, 1.54) is 10.6 Å². The molecule has 0 aromatic carbocycles. The van der Waals surface area contributed by atoms with Crippen molar-refractivity contribution in [2.24, 2.45) is 0 Å². The van der Waals surface area contributed by atoms with Gasteiger partial charge in [-0.15, -0.1) is 0 Å². The van der Waals surface area contributed by atoms with Gasteiger partial charge >= 0.3 is 0 Å². The standard InChI is InChI=1S/C6H15NO2S.C5H12O2S/c1-6(2,3)10(8,9)7(4)5;1-5(2,3)8(4,6)7/h1-5H3;1-4H3. The molecular weight excluding hydrogens is 274 g/mol. The van der Waals surface area contributed by atoms with Gasteiger partial charge in [-0.25, -0.2) is 21.1 Å². The molecule has 0 aliphatic carbocycles. The summed E-state index contributed by atoms with van der Waals surface area (Å²) >= 11 is 0. The molecule has 0 atom stereocenters. The number of nitrogens with zero attached hydrogens (tertiary/aromatic N) is 1. The maximum absolute atomic E-state index is 11.3. The molecule has 0 radical (unpaired) electrons. The van der Waals surface area contributed by atoms with Gasteiger partial charge in [0.25, 0.3) is 0 Å². The van der Waals surface area contributed by atoms with E-state index in [0.717, 1.165) is 0 Å². The molecule has 0 rings (SSSR count). The van der Waals surface area contributed by atoms with E-state index < -0.39 is 29.4 Å².